The van der Waals surface area contributed by atoms with Gasteiger partial charge >= 0.3 is 0 Å². The highest BCUT2D eigenvalue weighted by Gasteiger charge is 2.24. The van der Waals surface area contributed by atoms with Crippen molar-refractivity contribution in [3.05, 3.63) is 46.5 Å². The van der Waals surface area contributed by atoms with Crippen molar-refractivity contribution in [2.24, 2.45) is 0 Å². The van der Waals surface area contributed by atoms with Crippen LogP contribution in [0.25, 0.3) is 11.1 Å². The standard InChI is InChI=1S/C15H16N2/c1-4-11-6-5-7-12-13(11)8-14-15(12)9(2)16-10(3)17-14/h5-7H,4,8H2,1-3H3. The van der Waals surface area contributed by atoms with E-state index in [1.54, 1.807) is 0 Å². The van der Waals surface area contributed by atoms with Crippen molar-refractivity contribution in [2.75, 3.05) is 0 Å². The highest BCUT2D eigenvalue weighted by molar-refractivity contribution is 5.78. The van der Waals surface area contributed by atoms with Crippen LogP contribution < -0.4 is 0 Å². The predicted molar refractivity (Wildman–Crippen MR) is 69.1 cm³/mol. The Morgan fingerprint density at radius 3 is 2.76 bits per heavy atom. The van der Waals surface area contributed by atoms with E-state index >= 15 is 0 Å². The molecule has 0 aliphatic heterocycles. The molecule has 17 heavy (non-hydrogen) atoms. The average Bonchev–Trinajstić information content (AvgIpc) is 2.66. The molecule has 0 fully saturated rings. The van der Waals surface area contributed by atoms with E-state index in [9.17, 15) is 0 Å². The van der Waals surface area contributed by atoms with Gasteiger partial charge in [0.15, 0.2) is 0 Å². The molecule has 2 nitrogen and oxygen atoms in total. The maximum atomic E-state index is 4.59. The van der Waals surface area contributed by atoms with Crippen molar-refractivity contribution in [3.8, 4) is 11.1 Å². The van der Waals surface area contributed by atoms with E-state index < -0.39 is 0 Å². The normalized spacial score (nSPS) is 12.4. The first-order valence-electron chi connectivity index (χ1n) is 6.16. The maximum Gasteiger partial charge on any atom is 0.125 e. The zero-order valence-corrected chi connectivity index (χ0v) is 10.5. The van der Waals surface area contributed by atoms with Gasteiger partial charge in [-0.3, -0.25) is 0 Å². The minimum atomic E-state index is 0.882. The van der Waals surface area contributed by atoms with Gasteiger partial charge in [-0.05, 0) is 37.0 Å². The maximum absolute atomic E-state index is 4.59. The van der Waals surface area contributed by atoms with Crippen molar-refractivity contribution < 1.29 is 0 Å². The number of aryl methyl sites for hydroxylation is 3. The summed E-state index contributed by atoms with van der Waals surface area (Å²) in [6.45, 7) is 6.26. The van der Waals surface area contributed by atoms with Gasteiger partial charge in [0.2, 0.25) is 0 Å². The zero-order chi connectivity index (χ0) is 12.0. The Balaban J connectivity index is 2.29. The van der Waals surface area contributed by atoms with Gasteiger partial charge in [0, 0.05) is 17.7 Å². The Hall–Kier alpha value is -1.70. The molecule has 1 heterocycles. The molecular formula is C15H16N2. The molecule has 0 saturated carbocycles. The van der Waals surface area contributed by atoms with Crippen molar-refractivity contribution in [2.45, 2.75) is 33.6 Å². The smallest absolute Gasteiger partial charge is 0.125 e. The molecule has 0 amide bonds. The predicted octanol–water partition coefficient (Wildman–Crippen LogP) is 3.23. The molecule has 3 rings (SSSR count). The number of hydrogen-bond acceptors (Lipinski definition) is 2. The first-order valence-corrected chi connectivity index (χ1v) is 6.16. The van der Waals surface area contributed by atoms with Crippen molar-refractivity contribution in [3.63, 3.8) is 0 Å². The van der Waals surface area contributed by atoms with Gasteiger partial charge in [-0.15, -0.1) is 0 Å². The highest BCUT2D eigenvalue weighted by Crippen LogP contribution is 2.38. The summed E-state index contributed by atoms with van der Waals surface area (Å²) in [6, 6.07) is 6.57. The van der Waals surface area contributed by atoms with Crippen LogP contribution in [0.1, 0.15) is 35.3 Å². The van der Waals surface area contributed by atoms with E-state index in [-0.39, 0.29) is 0 Å². The summed E-state index contributed by atoms with van der Waals surface area (Å²) in [6.07, 6.45) is 2.06. The molecule has 0 saturated heterocycles. The van der Waals surface area contributed by atoms with Crippen molar-refractivity contribution in [1.29, 1.82) is 0 Å². The van der Waals surface area contributed by atoms with Crippen LogP contribution in [0.3, 0.4) is 0 Å². The van der Waals surface area contributed by atoms with Gasteiger partial charge in [-0.1, -0.05) is 25.1 Å². The summed E-state index contributed by atoms with van der Waals surface area (Å²) in [5.41, 5.74) is 7.81. The van der Waals surface area contributed by atoms with E-state index in [1.165, 1.54) is 27.9 Å². The quantitative estimate of drug-likeness (QED) is 0.634. The Bertz CT molecular complexity index is 600. The lowest BCUT2D eigenvalue weighted by atomic mass is 9.99. The summed E-state index contributed by atoms with van der Waals surface area (Å²) >= 11 is 0. The number of fused-ring (bicyclic) bond motifs is 3. The number of hydrogen-bond donors (Lipinski definition) is 0. The second-order valence-electron chi connectivity index (χ2n) is 4.65. The second-order valence-corrected chi connectivity index (χ2v) is 4.65. The van der Waals surface area contributed by atoms with Crippen LogP contribution >= 0.6 is 0 Å². The van der Waals surface area contributed by atoms with Gasteiger partial charge in [0.05, 0.1) is 5.69 Å². The van der Waals surface area contributed by atoms with Crippen LogP contribution in [0.2, 0.25) is 0 Å². The molecule has 1 aliphatic rings. The molecule has 1 aliphatic carbocycles. The molecule has 0 atom stereocenters. The summed E-state index contributed by atoms with van der Waals surface area (Å²) in [5.74, 6) is 0.882. The third-order valence-electron chi connectivity index (χ3n) is 3.54. The lowest BCUT2D eigenvalue weighted by Crippen LogP contribution is -1.97. The van der Waals surface area contributed by atoms with Crippen LogP contribution in [0.15, 0.2) is 18.2 Å². The molecule has 0 radical (unpaired) electrons. The summed E-state index contributed by atoms with van der Waals surface area (Å²) in [5, 5.41) is 0. The van der Waals surface area contributed by atoms with Gasteiger partial charge in [-0.2, -0.15) is 0 Å². The molecule has 1 aromatic carbocycles. The third-order valence-corrected chi connectivity index (χ3v) is 3.54. The summed E-state index contributed by atoms with van der Waals surface area (Å²) in [4.78, 5) is 9.08. The molecular weight excluding hydrogens is 208 g/mol. The first-order chi connectivity index (χ1) is 8.20. The Morgan fingerprint density at radius 1 is 1.18 bits per heavy atom. The van der Waals surface area contributed by atoms with Crippen LogP contribution in [0.4, 0.5) is 0 Å². The van der Waals surface area contributed by atoms with Crippen LogP contribution in [-0.4, -0.2) is 9.97 Å². The summed E-state index contributed by atoms with van der Waals surface area (Å²) < 4.78 is 0. The SMILES string of the molecule is CCc1cccc2c1Cc1nc(C)nc(C)c1-2. The molecule has 0 spiro atoms. The van der Waals surface area contributed by atoms with E-state index in [1.807, 2.05) is 6.92 Å². The average molecular weight is 224 g/mol. The number of nitrogens with zero attached hydrogens (tertiary/aromatic N) is 2. The minimum Gasteiger partial charge on any atom is -0.238 e. The molecule has 0 N–H and O–H groups in total. The Kier molecular flexibility index (Phi) is 2.25. The fraction of sp³-hybridized carbons (Fsp3) is 0.333. The summed E-state index contributed by atoms with van der Waals surface area (Å²) in [7, 11) is 0. The van der Waals surface area contributed by atoms with Crippen LogP contribution in [-0.2, 0) is 12.8 Å². The molecule has 0 bridgehead atoms. The van der Waals surface area contributed by atoms with E-state index in [2.05, 4.69) is 42.0 Å². The van der Waals surface area contributed by atoms with Crippen molar-refractivity contribution >= 4 is 0 Å². The topological polar surface area (TPSA) is 25.8 Å². The monoisotopic (exact) mass is 224 g/mol. The Morgan fingerprint density at radius 2 is 2.00 bits per heavy atom. The van der Waals surface area contributed by atoms with Gasteiger partial charge in [-0.25, -0.2) is 9.97 Å². The lowest BCUT2D eigenvalue weighted by Gasteiger charge is -2.06. The lowest BCUT2D eigenvalue weighted by molar-refractivity contribution is 0.961. The molecule has 1 aromatic heterocycles. The second kappa shape index (κ2) is 3.66. The highest BCUT2D eigenvalue weighted by atomic mass is 14.9. The fourth-order valence-electron chi connectivity index (χ4n) is 2.84. The molecule has 0 unspecified atom stereocenters. The number of benzene rings is 1. The van der Waals surface area contributed by atoms with Gasteiger partial charge in [0.25, 0.3) is 0 Å². The zero-order valence-electron chi connectivity index (χ0n) is 10.5. The first kappa shape index (κ1) is 10.5. The number of aromatic nitrogens is 2. The van der Waals surface area contributed by atoms with Crippen molar-refractivity contribution in [1.82, 2.24) is 9.97 Å². The fourth-order valence-corrected chi connectivity index (χ4v) is 2.84. The molecule has 2 heteroatoms. The van der Waals surface area contributed by atoms with Gasteiger partial charge < -0.3 is 0 Å². The molecule has 86 valence electrons. The van der Waals surface area contributed by atoms with Gasteiger partial charge in [0.1, 0.15) is 5.82 Å². The van der Waals surface area contributed by atoms with E-state index in [0.29, 0.717) is 0 Å². The van der Waals surface area contributed by atoms with Crippen LogP contribution in [0, 0.1) is 13.8 Å². The van der Waals surface area contributed by atoms with Crippen LogP contribution in [0.5, 0.6) is 0 Å². The van der Waals surface area contributed by atoms with E-state index in [4.69, 9.17) is 0 Å². The third kappa shape index (κ3) is 1.47. The largest absolute Gasteiger partial charge is 0.238 e. The Labute approximate surface area is 102 Å². The van der Waals surface area contributed by atoms with E-state index in [0.717, 1.165) is 24.4 Å². The minimum absolute atomic E-state index is 0.882. The number of rotatable bonds is 1. The molecule has 2 aromatic rings.